The van der Waals surface area contributed by atoms with Gasteiger partial charge in [0.25, 0.3) is 0 Å². The Morgan fingerprint density at radius 2 is 1.73 bits per heavy atom. The van der Waals surface area contributed by atoms with Crippen molar-refractivity contribution >= 4 is 16.5 Å². The normalized spacial score (nSPS) is 17.7. The molecule has 0 aliphatic carbocycles. The minimum atomic E-state index is -0.290. The van der Waals surface area contributed by atoms with Gasteiger partial charge in [0.1, 0.15) is 0 Å². The highest BCUT2D eigenvalue weighted by molar-refractivity contribution is 5.85. The van der Waals surface area contributed by atoms with E-state index in [0.717, 1.165) is 30.5 Å². The van der Waals surface area contributed by atoms with Crippen LogP contribution in [0.4, 0.5) is 0 Å². The van der Waals surface area contributed by atoms with Gasteiger partial charge in [0.2, 0.25) is 6.29 Å². The first-order valence-electron chi connectivity index (χ1n) is 9.17. The fraction of sp³-hybridized carbons (Fsp3) is 0.261. The van der Waals surface area contributed by atoms with Crippen molar-refractivity contribution in [2.24, 2.45) is 5.16 Å². The average molecular weight is 345 g/mol. The predicted molar refractivity (Wildman–Crippen MR) is 105 cm³/mol. The third-order valence-electron chi connectivity index (χ3n) is 4.85. The van der Waals surface area contributed by atoms with Crippen LogP contribution in [-0.2, 0) is 16.0 Å². The fourth-order valence-corrected chi connectivity index (χ4v) is 3.32. The van der Waals surface area contributed by atoms with Crippen LogP contribution in [0.2, 0.25) is 0 Å². The van der Waals surface area contributed by atoms with Gasteiger partial charge in [-0.15, -0.1) is 0 Å². The van der Waals surface area contributed by atoms with Gasteiger partial charge in [-0.25, -0.2) is 0 Å². The Morgan fingerprint density at radius 1 is 0.962 bits per heavy atom. The summed E-state index contributed by atoms with van der Waals surface area (Å²) in [5.74, 6) is 0. The van der Waals surface area contributed by atoms with Gasteiger partial charge in [-0.1, -0.05) is 71.9 Å². The summed E-state index contributed by atoms with van der Waals surface area (Å²) in [5, 5.41) is 6.69. The number of nitrogens with zero attached hydrogens (tertiary/aromatic N) is 1. The first kappa shape index (κ1) is 16.8. The smallest absolute Gasteiger partial charge is 0.232 e. The molecule has 4 rings (SSSR count). The Balaban J connectivity index is 1.32. The van der Waals surface area contributed by atoms with Crippen molar-refractivity contribution in [3.05, 3.63) is 83.9 Å². The summed E-state index contributed by atoms with van der Waals surface area (Å²) in [7, 11) is 0. The first-order chi connectivity index (χ1) is 12.8. The highest BCUT2D eigenvalue weighted by atomic mass is 16.8. The summed E-state index contributed by atoms with van der Waals surface area (Å²) in [6.45, 7) is 2.06. The van der Waals surface area contributed by atoms with Crippen molar-refractivity contribution in [1.29, 1.82) is 0 Å². The van der Waals surface area contributed by atoms with Gasteiger partial charge in [0.15, 0.2) is 0 Å². The van der Waals surface area contributed by atoms with Gasteiger partial charge in [0.05, 0.1) is 18.2 Å². The number of aryl methyl sites for hydroxylation is 1. The minimum Gasteiger partial charge on any atom is -0.363 e. The average Bonchev–Trinajstić information content (AvgIpc) is 3.14. The Hall–Kier alpha value is -2.65. The second-order valence-corrected chi connectivity index (χ2v) is 6.77. The van der Waals surface area contributed by atoms with E-state index in [2.05, 4.69) is 78.8 Å². The van der Waals surface area contributed by atoms with E-state index in [4.69, 9.17) is 9.57 Å². The molecule has 2 atom stereocenters. The highest BCUT2D eigenvalue weighted by Gasteiger charge is 2.24. The molecule has 0 fully saturated rings. The first-order valence-corrected chi connectivity index (χ1v) is 9.17. The second-order valence-electron chi connectivity index (χ2n) is 6.77. The molecule has 3 aromatic carbocycles. The maximum atomic E-state index is 6.09. The molecule has 0 spiro atoms. The molecule has 0 unspecified atom stereocenters. The van der Waals surface area contributed by atoms with Gasteiger partial charge in [0, 0.05) is 0 Å². The SMILES string of the molecule is C[C@H](O[C@H]1CC(CCc2ccccc2)=NO1)c1ccc2ccccc2c1. The fourth-order valence-electron chi connectivity index (χ4n) is 3.32. The number of ether oxygens (including phenoxy) is 1. The van der Waals surface area contributed by atoms with Gasteiger partial charge in [-0.05, 0) is 47.7 Å². The largest absolute Gasteiger partial charge is 0.363 e. The molecule has 26 heavy (non-hydrogen) atoms. The zero-order valence-electron chi connectivity index (χ0n) is 15.0. The maximum Gasteiger partial charge on any atom is 0.232 e. The highest BCUT2D eigenvalue weighted by Crippen LogP contribution is 2.26. The summed E-state index contributed by atoms with van der Waals surface area (Å²) in [6, 6.07) is 25.3. The molecule has 3 nitrogen and oxygen atoms in total. The van der Waals surface area contributed by atoms with Crippen LogP contribution >= 0.6 is 0 Å². The summed E-state index contributed by atoms with van der Waals surface area (Å²) < 4.78 is 6.09. The molecule has 0 aromatic heterocycles. The van der Waals surface area contributed by atoms with E-state index in [1.165, 1.54) is 16.3 Å². The van der Waals surface area contributed by atoms with E-state index in [1.54, 1.807) is 0 Å². The molecule has 3 heteroatoms. The molecular weight excluding hydrogens is 322 g/mol. The van der Waals surface area contributed by atoms with Crippen LogP contribution < -0.4 is 0 Å². The minimum absolute atomic E-state index is 0.0340. The lowest BCUT2D eigenvalue weighted by atomic mass is 10.0. The second kappa shape index (κ2) is 7.71. The van der Waals surface area contributed by atoms with Crippen molar-refractivity contribution < 1.29 is 9.57 Å². The van der Waals surface area contributed by atoms with E-state index in [1.807, 2.05) is 6.07 Å². The van der Waals surface area contributed by atoms with Crippen LogP contribution in [0.25, 0.3) is 10.8 Å². The third-order valence-corrected chi connectivity index (χ3v) is 4.85. The summed E-state index contributed by atoms with van der Waals surface area (Å²) in [5.41, 5.74) is 3.55. The van der Waals surface area contributed by atoms with Gasteiger partial charge < -0.3 is 9.57 Å². The molecule has 1 aliphatic heterocycles. The topological polar surface area (TPSA) is 30.8 Å². The van der Waals surface area contributed by atoms with Crippen LogP contribution in [0.5, 0.6) is 0 Å². The molecule has 132 valence electrons. The molecule has 0 amide bonds. The Labute approximate surface area is 154 Å². The van der Waals surface area contributed by atoms with Gasteiger partial charge in [-0.2, -0.15) is 0 Å². The van der Waals surface area contributed by atoms with Crippen LogP contribution in [0.15, 0.2) is 78.0 Å². The summed E-state index contributed by atoms with van der Waals surface area (Å²) >= 11 is 0. The number of fused-ring (bicyclic) bond motifs is 1. The standard InChI is InChI=1S/C23H23NO2/c1-17(20-13-12-19-9-5-6-10-21(19)15-20)25-23-16-22(24-26-23)14-11-18-7-3-2-4-8-18/h2-10,12-13,15,17,23H,11,14,16H2,1H3/t17-,23+/m0/s1. The van der Waals surface area contributed by atoms with Gasteiger partial charge in [-0.3, -0.25) is 0 Å². The molecule has 0 N–H and O–H groups in total. The van der Waals surface area contributed by atoms with Gasteiger partial charge >= 0.3 is 0 Å². The molecular formula is C23H23NO2. The molecule has 3 aromatic rings. The number of hydrogen-bond donors (Lipinski definition) is 0. The van der Waals surface area contributed by atoms with E-state index >= 15 is 0 Å². The third kappa shape index (κ3) is 3.94. The van der Waals surface area contributed by atoms with Crippen molar-refractivity contribution in [1.82, 2.24) is 0 Å². The molecule has 0 radical (unpaired) electrons. The molecule has 1 heterocycles. The lowest BCUT2D eigenvalue weighted by Gasteiger charge is -2.17. The predicted octanol–water partition coefficient (Wildman–Crippen LogP) is 5.65. The monoisotopic (exact) mass is 345 g/mol. The summed E-state index contributed by atoms with van der Waals surface area (Å²) in [4.78, 5) is 5.50. The number of oxime groups is 1. The Kier molecular flexibility index (Phi) is 4.98. The maximum absolute atomic E-state index is 6.09. The molecule has 0 saturated carbocycles. The van der Waals surface area contributed by atoms with Crippen LogP contribution in [0, 0.1) is 0 Å². The van der Waals surface area contributed by atoms with E-state index in [9.17, 15) is 0 Å². The van der Waals surface area contributed by atoms with Crippen molar-refractivity contribution in [3.8, 4) is 0 Å². The van der Waals surface area contributed by atoms with Crippen molar-refractivity contribution in [3.63, 3.8) is 0 Å². The van der Waals surface area contributed by atoms with Crippen LogP contribution in [0.1, 0.15) is 37.0 Å². The number of rotatable bonds is 6. The molecule has 0 bridgehead atoms. The zero-order valence-corrected chi connectivity index (χ0v) is 15.0. The van der Waals surface area contributed by atoms with Crippen molar-refractivity contribution in [2.45, 2.75) is 38.6 Å². The number of benzene rings is 3. The van der Waals surface area contributed by atoms with Crippen LogP contribution in [0.3, 0.4) is 0 Å². The zero-order chi connectivity index (χ0) is 17.8. The lowest BCUT2D eigenvalue weighted by molar-refractivity contribution is -0.152. The Morgan fingerprint density at radius 3 is 2.58 bits per heavy atom. The van der Waals surface area contributed by atoms with E-state index in [0.29, 0.717) is 0 Å². The van der Waals surface area contributed by atoms with E-state index in [-0.39, 0.29) is 12.4 Å². The van der Waals surface area contributed by atoms with Crippen molar-refractivity contribution in [2.75, 3.05) is 0 Å². The van der Waals surface area contributed by atoms with Crippen LogP contribution in [-0.4, -0.2) is 12.0 Å². The number of hydrogen-bond acceptors (Lipinski definition) is 3. The lowest BCUT2D eigenvalue weighted by Crippen LogP contribution is -2.15. The molecule has 0 saturated heterocycles. The quantitative estimate of drug-likeness (QED) is 0.578. The molecule has 1 aliphatic rings. The van der Waals surface area contributed by atoms with E-state index < -0.39 is 0 Å². The summed E-state index contributed by atoms with van der Waals surface area (Å²) in [6.07, 6.45) is 2.31. The Bertz CT molecular complexity index is 904.